The first-order chi connectivity index (χ1) is 11.0. The maximum absolute atomic E-state index is 12.7. The molecule has 0 unspecified atom stereocenters. The Morgan fingerprint density at radius 1 is 1.35 bits per heavy atom. The molecular formula is C17H22Cl2N2O2. The Hall–Kier alpha value is -0.810. The molecule has 126 valence electrons. The van der Waals surface area contributed by atoms with Gasteiger partial charge < -0.3 is 10.1 Å². The number of methoxy groups -OCH3 is 1. The number of hydrogen-bond donors (Lipinski definition) is 1. The van der Waals surface area contributed by atoms with Crippen LogP contribution in [0.1, 0.15) is 30.7 Å². The zero-order chi connectivity index (χ0) is 16.6. The van der Waals surface area contributed by atoms with Gasteiger partial charge in [-0.15, -0.1) is 0 Å². The predicted octanol–water partition coefficient (Wildman–Crippen LogP) is 3.28. The van der Waals surface area contributed by atoms with Crippen LogP contribution in [0.2, 0.25) is 10.0 Å². The van der Waals surface area contributed by atoms with E-state index in [2.05, 4.69) is 17.3 Å². The summed E-state index contributed by atoms with van der Waals surface area (Å²) in [6.45, 7) is 0.239. The highest BCUT2D eigenvalue weighted by Crippen LogP contribution is 2.46. The Kier molecular flexibility index (Phi) is 5.16. The fraction of sp³-hybridized carbons (Fsp3) is 0.588. The number of nitrogens with one attached hydrogen (secondary N) is 1. The van der Waals surface area contributed by atoms with Crippen molar-refractivity contribution < 1.29 is 9.53 Å². The number of carbonyl (C=O) groups excluding carboxylic acids is 1. The van der Waals surface area contributed by atoms with Crippen molar-refractivity contribution in [1.82, 2.24) is 10.2 Å². The molecule has 1 aromatic carbocycles. The first-order valence-corrected chi connectivity index (χ1v) is 8.72. The van der Waals surface area contributed by atoms with Crippen LogP contribution in [-0.2, 0) is 9.53 Å². The van der Waals surface area contributed by atoms with Gasteiger partial charge in [-0.05, 0) is 49.9 Å². The highest BCUT2D eigenvalue weighted by atomic mass is 35.5. The summed E-state index contributed by atoms with van der Waals surface area (Å²) < 4.78 is 5.00. The standard InChI is InChI=1S/C17H22Cl2N2O2/c1-21-11-4-6-15(21)16(17(22)20-9-23-2)12(8-11)10-3-5-13(18)14(19)7-10/h3,5,7,11-12,15-16H,4,6,8-9H2,1-2H3,(H,20,22)/t11-,12+,15+,16-/m0/s1. The van der Waals surface area contributed by atoms with Gasteiger partial charge in [0.2, 0.25) is 5.91 Å². The highest BCUT2D eigenvalue weighted by molar-refractivity contribution is 6.42. The van der Waals surface area contributed by atoms with Crippen LogP contribution in [0, 0.1) is 5.92 Å². The lowest BCUT2D eigenvalue weighted by molar-refractivity contribution is -0.130. The molecule has 2 aliphatic rings. The molecule has 4 atom stereocenters. The average Bonchev–Trinajstić information content (AvgIpc) is 2.77. The van der Waals surface area contributed by atoms with Gasteiger partial charge >= 0.3 is 0 Å². The predicted molar refractivity (Wildman–Crippen MR) is 91.9 cm³/mol. The lowest BCUT2D eigenvalue weighted by Gasteiger charge is -2.42. The average molecular weight is 357 g/mol. The van der Waals surface area contributed by atoms with Crippen molar-refractivity contribution in [3.8, 4) is 0 Å². The third kappa shape index (κ3) is 3.22. The molecule has 1 amide bonds. The van der Waals surface area contributed by atoms with E-state index < -0.39 is 0 Å². The SMILES string of the molecule is COCNC(=O)[C@H]1[C@@H](c2ccc(Cl)c(Cl)c2)C[C@@H]2CC[C@H]1N2C. The van der Waals surface area contributed by atoms with Gasteiger partial charge in [0.25, 0.3) is 0 Å². The van der Waals surface area contributed by atoms with Crippen LogP contribution in [0.15, 0.2) is 18.2 Å². The summed E-state index contributed by atoms with van der Waals surface area (Å²) in [5.41, 5.74) is 1.10. The van der Waals surface area contributed by atoms with E-state index >= 15 is 0 Å². The van der Waals surface area contributed by atoms with Gasteiger partial charge in [0.1, 0.15) is 6.73 Å². The summed E-state index contributed by atoms with van der Waals surface area (Å²) in [6.07, 6.45) is 3.17. The van der Waals surface area contributed by atoms with Crippen LogP contribution in [0.4, 0.5) is 0 Å². The number of amides is 1. The zero-order valence-corrected chi connectivity index (χ0v) is 14.9. The van der Waals surface area contributed by atoms with E-state index in [1.165, 1.54) is 0 Å². The molecule has 0 radical (unpaired) electrons. The number of ether oxygens (including phenoxy) is 1. The summed E-state index contributed by atoms with van der Waals surface area (Å²) in [5.74, 6) is 0.126. The lowest BCUT2D eigenvalue weighted by Crippen LogP contribution is -2.51. The third-order valence-corrected chi connectivity index (χ3v) is 6.07. The van der Waals surface area contributed by atoms with E-state index in [1.54, 1.807) is 7.11 Å². The minimum atomic E-state index is -0.0915. The van der Waals surface area contributed by atoms with Crippen LogP contribution in [0.3, 0.4) is 0 Å². The monoisotopic (exact) mass is 356 g/mol. The molecule has 2 aliphatic heterocycles. The molecule has 0 spiro atoms. The van der Waals surface area contributed by atoms with E-state index in [1.807, 2.05) is 18.2 Å². The van der Waals surface area contributed by atoms with Crippen molar-refractivity contribution in [1.29, 1.82) is 0 Å². The summed E-state index contributed by atoms with van der Waals surface area (Å²) in [5, 5.41) is 3.98. The van der Waals surface area contributed by atoms with E-state index in [0.29, 0.717) is 16.1 Å². The van der Waals surface area contributed by atoms with E-state index in [9.17, 15) is 4.79 Å². The number of fused-ring (bicyclic) bond motifs is 2. The molecule has 6 heteroatoms. The minimum absolute atomic E-state index is 0.0557. The van der Waals surface area contributed by atoms with Gasteiger partial charge in [-0.3, -0.25) is 9.69 Å². The molecule has 0 aliphatic carbocycles. The molecule has 2 bridgehead atoms. The quantitative estimate of drug-likeness (QED) is 0.841. The van der Waals surface area contributed by atoms with Crippen LogP contribution < -0.4 is 5.32 Å². The topological polar surface area (TPSA) is 41.6 Å². The number of rotatable bonds is 4. The Morgan fingerprint density at radius 3 is 2.83 bits per heavy atom. The number of nitrogens with zero attached hydrogens (tertiary/aromatic N) is 1. The van der Waals surface area contributed by atoms with Crippen LogP contribution in [0.5, 0.6) is 0 Å². The van der Waals surface area contributed by atoms with Crippen molar-refractivity contribution in [3.05, 3.63) is 33.8 Å². The normalized spacial score (nSPS) is 30.4. The molecule has 1 aromatic rings. The largest absolute Gasteiger partial charge is 0.364 e. The second kappa shape index (κ2) is 6.98. The van der Waals surface area contributed by atoms with Crippen molar-refractivity contribution in [2.24, 2.45) is 5.92 Å². The molecule has 23 heavy (non-hydrogen) atoms. The fourth-order valence-corrected chi connectivity index (χ4v) is 4.48. The van der Waals surface area contributed by atoms with Gasteiger partial charge in [0, 0.05) is 19.2 Å². The second-order valence-electron chi connectivity index (χ2n) is 6.48. The van der Waals surface area contributed by atoms with Gasteiger partial charge in [0.05, 0.1) is 16.0 Å². The summed E-state index contributed by atoms with van der Waals surface area (Å²) >= 11 is 12.2. The van der Waals surface area contributed by atoms with Crippen molar-refractivity contribution in [3.63, 3.8) is 0 Å². The van der Waals surface area contributed by atoms with Gasteiger partial charge in [-0.1, -0.05) is 29.3 Å². The second-order valence-corrected chi connectivity index (χ2v) is 7.29. The first kappa shape index (κ1) is 17.0. The molecule has 2 fully saturated rings. The Bertz CT molecular complexity index is 596. The van der Waals surface area contributed by atoms with Crippen LogP contribution in [-0.4, -0.2) is 43.8 Å². The lowest BCUT2D eigenvalue weighted by atomic mass is 9.75. The van der Waals surface area contributed by atoms with Crippen molar-refractivity contribution >= 4 is 29.1 Å². The number of benzene rings is 1. The maximum Gasteiger partial charge on any atom is 0.227 e. The summed E-state index contributed by atoms with van der Waals surface area (Å²) in [7, 11) is 3.71. The maximum atomic E-state index is 12.7. The molecule has 4 nitrogen and oxygen atoms in total. The van der Waals surface area contributed by atoms with E-state index in [0.717, 1.165) is 24.8 Å². The fourth-order valence-electron chi connectivity index (χ4n) is 4.17. The van der Waals surface area contributed by atoms with Gasteiger partial charge in [0.15, 0.2) is 0 Å². The molecule has 0 saturated carbocycles. The van der Waals surface area contributed by atoms with E-state index in [-0.39, 0.29) is 30.5 Å². The molecule has 1 N–H and O–H groups in total. The number of halogens is 2. The third-order valence-electron chi connectivity index (χ3n) is 5.33. The smallest absolute Gasteiger partial charge is 0.227 e. The Balaban J connectivity index is 1.92. The van der Waals surface area contributed by atoms with E-state index in [4.69, 9.17) is 27.9 Å². The summed E-state index contributed by atoms with van der Waals surface area (Å²) in [4.78, 5) is 15.1. The summed E-state index contributed by atoms with van der Waals surface area (Å²) in [6, 6.07) is 6.54. The zero-order valence-electron chi connectivity index (χ0n) is 13.4. The van der Waals surface area contributed by atoms with Gasteiger partial charge in [-0.2, -0.15) is 0 Å². The molecule has 3 rings (SSSR count). The molecule has 0 aromatic heterocycles. The van der Waals surface area contributed by atoms with Crippen molar-refractivity contribution in [2.75, 3.05) is 20.9 Å². The highest BCUT2D eigenvalue weighted by Gasteiger charge is 2.48. The Labute approximate surface area is 147 Å². The molecular weight excluding hydrogens is 335 g/mol. The van der Waals surface area contributed by atoms with Crippen LogP contribution >= 0.6 is 23.2 Å². The van der Waals surface area contributed by atoms with Gasteiger partial charge in [-0.25, -0.2) is 0 Å². The first-order valence-electron chi connectivity index (χ1n) is 7.96. The number of carbonyl (C=O) groups is 1. The number of piperidine rings is 1. The minimum Gasteiger partial charge on any atom is -0.364 e. The molecule has 2 heterocycles. The van der Waals surface area contributed by atoms with Crippen molar-refractivity contribution in [2.45, 2.75) is 37.3 Å². The number of hydrogen-bond acceptors (Lipinski definition) is 3. The van der Waals surface area contributed by atoms with Crippen LogP contribution in [0.25, 0.3) is 0 Å². The molecule has 2 saturated heterocycles. The Morgan fingerprint density at radius 2 is 2.13 bits per heavy atom.